The average molecular weight is 434 g/mol. The molecule has 1 aliphatic rings. The lowest BCUT2D eigenvalue weighted by atomic mass is 9.85. The fourth-order valence-corrected chi connectivity index (χ4v) is 5.18. The number of carbonyl (C=O) groups excluding carboxylic acids is 1. The summed E-state index contributed by atoms with van der Waals surface area (Å²) in [5, 5.41) is 9.66. The molecular formula is C25H24FN3OS. The molecule has 0 aliphatic heterocycles. The number of anilines is 1. The van der Waals surface area contributed by atoms with E-state index in [0.717, 1.165) is 36.9 Å². The zero-order valence-electron chi connectivity index (χ0n) is 17.1. The second-order valence-electron chi connectivity index (χ2n) is 8.23. The van der Waals surface area contributed by atoms with Crippen molar-refractivity contribution in [2.75, 3.05) is 5.32 Å². The third-order valence-corrected chi connectivity index (χ3v) is 7.04. The molecule has 0 unspecified atom stereocenters. The molecule has 1 fully saturated rings. The van der Waals surface area contributed by atoms with Crippen molar-refractivity contribution in [1.82, 2.24) is 10.3 Å². The Balaban J connectivity index is 1.12. The molecule has 31 heavy (non-hydrogen) atoms. The molecule has 2 N–H and O–H groups in total. The van der Waals surface area contributed by atoms with Crippen molar-refractivity contribution >= 4 is 43.4 Å². The van der Waals surface area contributed by atoms with Crippen LogP contribution >= 0.6 is 11.3 Å². The molecule has 4 nitrogen and oxygen atoms in total. The molecule has 0 saturated heterocycles. The van der Waals surface area contributed by atoms with Gasteiger partial charge in [-0.2, -0.15) is 0 Å². The third-order valence-electron chi connectivity index (χ3n) is 6.09. The van der Waals surface area contributed by atoms with E-state index in [1.807, 2.05) is 0 Å². The summed E-state index contributed by atoms with van der Waals surface area (Å²) in [5.41, 5.74) is 1.87. The topological polar surface area (TPSA) is 54.0 Å². The van der Waals surface area contributed by atoms with Crippen LogP contribution in [0.2, 0.25) is 0 Å². The van der Waals surface area contributed by atoms with Gasteiger partial charge in [0.2, 0.25) is 5.91 Å². The van der Waals surface area contributed by atoms with Gasteiger partial charge in [-0.3, -0.25) is 4.79 Å². The van der Waals surface area contributed by atoms with Crippen LogP contribution in [0.5, 0.6) is 0 Å². The van der Waals surface area contributed by atoms with Gasteiger partial charge in [0.15, 0.2) is 5.13 Å². The zero-order chi connectivity index (χ0) is 21.2. The predicted octanol–water partition coefficient (Wildman–Crippen LogP) is 5.88. The number of aromatic nitrogens is 1. The Morgan fingerprint density at radius 1 is 1.00 bits per heavy atom. The molecule has 0 spiro atoms. The number of rotatable bonds is 5. The first kappa shape index (κ1) is 20.1. The van der Waals surface area contributed by atoms with Crippen LogP contribution in [-0.4, -0.2) is 16.9 Å². The van der Waals surface area contributed by atoms with E-state index >= 15 is 0 Å². The highest BCUT2D eigenvalue weighted by Crippen LogP contribution is 2.29. The first-order chi connectivity index (χ1) is 15.1. The van der Waals surface area contributed by atoms with Crippen LogP contribution in [0.1, 0.15) is 31.2 Å². The first-order valence-corrected chi connectivity index (χ1v) is 11.5. The van der Waals surface area contributed by atoms with Crippen molar-refractivity contribution < 1.29 is 9.18 Å². The smallest absolute Gasteiger partial charge is 0.229 e. The number of nitrogens with one attached hydrogen (secondary N) is 2. The molecule has 0 bridgehead atoms. The lowest BCUT2D eigenvalue weighted by Crippen LogP contribution is -2.36. The number of nitrogens with zero attached hydrogens (tertiary/aromatic N) is 1. The van der Waals surface area contributed by atoms with Gasteiger partial charge in [0, 0.05) is 24.6 Å². The van der Waals surface area contributed by atoms with E-state index in [4.69, 9.17) is 0 Å². The van der Waals surface area contributed by atoms with Gasteiger partial charge < -0.3 is 10.6 Å². The number of hydrogen-bond acceptors (Lipinski definition) is 4. The van der Waals surface area contributed by atoms with Gasteiger partial charge in [-0.25, -0.2) is 9.37 Å². The molecule has 1 aliphatic carbocycles. The maximum absolute atomic E-state index is 13.3. The molecule has 6 heteroatoms. The molecule has 1 heterocycles. The highest BCUT2D eigenvalue weighted by atomic mass is 32.1. The summed E-state index contributed by atoms with van der Waals surface area (Å²) >= 11 is 1.38. The summed E-state index contributed by atoms with van der Waals surface area (Å²) in [6.45, 7) is 0.842. The molecule has 0 atom stereocenters. The van der Waals surface area contributed by atoms with Crippen molar-refractivity contribution in [2.24, 2.45) is 5.92 Å². The third kappa shape index (κ3) is 4.60. The predicted molar refractivity (Wildman–Crippen MR) is 125 cm³/mol. The van der Waals surface area contributed by atoms with Gasteiger partial charge in [-0.05, 0) is 60.2 Å². The number of carbonyl (C=O) groups is 1. The molecule has 158 valence electrons. The monoisotopic (exact) mass is 433 g/mol. The Labute approximate surface area is 184 Å². The highest BCUT2D eigenvalue weighted by Gasteiger charge is 2.26. The SMILES string of the molecule is O=C(Nc1nc2cc(F)ccc2s1)C1CCC(NCc2ccc3ccccc3c2)CC1. The van der Waals surface area contributed by atoms with E-state index in [-0.39, 0.29) is 17.6 Å². The van der Waals surface area contributed by atoms with Crippen LogP contribution in [0.15, 0.2) is 60.7 Å². The maximum Gasteiger partial charge on any atom is 0.229 e. The lowest BCUT2D eigenvalue weighted by Gasteiger charge is -2.28. The number of amides is 1. The first-order valence-electron chi connectivity index (χ1n) is 10.7. The van der Waals surface area contributed by atoms with Gasteiger partial charge in [0.05, 0.1) is 10.2 Å². The molecule has 3 aromatic carbocycles. The number of fused-ring (bicyclic) bond motifs is 2. The Kier molecular flexibility index (Phi) is 5.66. The molecular weight excluding hydrogens is 409 g/mol. The van der Waals surface area contributed by atoms with Crippen LogP contribution < -0.4 is 10.6 Å². The standard InChI is InChI=1S/C25H24FN3OS/c26-20-9-12-23-22(14-20)28-25(31-23)29-24(30)18-7-10-21(11-8-18)27-15-16-5-6-17-3-1-2-4-19(17)13-16/h1-6,9,12-14,18,21,27H,7-8,10-11,15H2,(H,28,29,30). The summed E-state index contributed by atoms with van der Waals surface area (Å²) in [6, 6.07) is 19.9. The number of thiazole rings is 1. The van der Waals surface area contributed by atoms with E-state index in [1.165, 1.54) is 39.8 Å². The quantitative estimate of drug-likeness (QED) is 0.413. The van der Waals surface area contributed by atoms with Crippen LogP contribution in [-0.2, 0) is 11.3 Å². The maximum atomic E-state index is 13.3. The van der Waals surface area contributed by atoms with E-state index in [1.54, 1.807) is 6.07 Å². The Morgan fingerprint density at radius 2 is 1.81 bits per heavy atom. The molecule has 1 amide bonds. The van der Waals surface area contributed by atoms with Gasteiger partial charge in [0.1, 0.15) is 5.82 Å². The number of hydrogen-bond donors (Lipinski definition) is 2. The zero-order valence-corrected chi connectivity index (χ0v) is 17.9. The van der Waals surface area contributed by atoms with E-state index in [2.05, 4.69) is 58.1 Å². The van der Waals surface area contributed by atoms with Gasteiger partial charge in [-0.1, -0.05) is 47.7 Å². The van der Waals surface area contributed by atoms with Crippen LogP contribution in [0.4, 0.5) is 9.52 Å². The minimum Gasteiger partial charge on any atom is -0.310 e. The van der Waals surface area contributed by atoms with Gasteiger partial charge in [0.25, 0.3) is 0 Å². The summed E-state index contributed by atoms with van der Waals surface area (Å²) in [6.07, 6.45) is 3.69. The van der Waals surface area contributed by atoms with Crippen LogP contribution in [0.25, 0.3) is 21.0 Å². The van der Waals surface area contributed by atoms with Crippen molar-refractivity contribution in [3.8, 4) is 0 Å². The normalized spacial score (nSPS) is 19.0. The van der Waals surface area contributed by atoms with Gasteiger partial charge >= 0.3 is 0 Å². The van der Waals surface area contributed by atoms with Gasteiger partial charge in [-0.15, -0.1) is 0 Å². The second kappa shape index (κ2) is 8.73. The molecule has 0 radical (unpaired) electrons. The largest absolute Gasteiger partial charge is 0.310 e. The summed E-state index contributed by atoms with van der Waals surface area (Å²) in [5.74, 6) is -0.292. The van der Waals surface area contributed by atoms with Crippen molar-refractivity contribution in [2.45, 2.75) is 38.3 Å². The molecule has 1 aromatic heterocycles. The van der Waals surface area contributed by atoms with E-state index in [0.29, 0.717) is 16.7 Å². The lowest BCUT2D eigenvalue weighted by molar-refractivity contribution is -0.120. The number of benzene rings is 3. The fraction of sp³-hybridized carbons (Fsp3) is 0.280. The Morgan fingerprint density at radius 3 is 2.65 bits per heavy atom. The summed E-state index contributed by atoms with van der Waals surface area (Å²) in [7, 11) is 0. The summed E-state index contributed by atoms with van der Waals surface area (Å²) in [4.78, 5) is 17.0. The fourth-order valence-electron chi connectivity index (χ4n) is 4.33. The molecule has 5 rings (SSSR count). The molecule has 1 saturated carbocycles. The van der Waals surface area contributed by atoms with E-state index < -0.39 is 0 Å². The van der Waals surface area contributed by atoms with E-state index in [9.17, 15) is 9.18 Å². The van der Waals surface area contributed by atoms with Crippen molar-refractivity contribution in [1.29, 1.82) is 0 Å². The molecule has 4 aromatic rings. The number of halogens is 1. The second-order valence-corrected chi connectivity index (χ2v) is 9.26. The van der Waals surface area contributed by atoms with Crippen molar-refractivity contribution in [3.63, 3.8) is 0 Å². The van der Waals surface area contributed by atoms with Crippen molar-refractivity contribution in [3.05, 3.63) is 72.0 Å². The Bertz CT molecular complexity index is 1230. The minimum atomic E-state index is -0.315. The Hall–Kier alpha value is -2.83. The minimum absolute atomic E-state index is 0.00228. The summed E-state index contributed by atoms with van der Waals surface area (Å²) < 4.78 is 14.2. The average Bonchev–Trinajstić information content (AvgIpc) is 3.19. The van der Waals surface area contributed by atoms with Crippen LogP contribution in [0.3, 0.4) is 0 Å². The van der Waals surface area contributed by atoms with Crippen LogP contribution in [0, 0.1) is 11.7 Å². The highest BCUT2D eigenvalue weighted by molar-refractivity contribution is 7.22.